The number of imide groups is 1. The summed E-state index contributed by atoms with van der Waals surface area (Å²) in [7, 11) is 0. The van der Waals surface area contributed by atoms with Crippen molar-refractivity contribution in [2.75, 3.05) is 31.2 Å². The van der Waals surface area contributed by atoms with Crippen molar-refractivity contribution in [2.24, 2.45) is 0 Å². The number of alkyl carbamates (subject to hydrolysis) is 1. The predicted molar refractivity (Wildman–Crippen MR) is 94.4 cm³/mol. The fourth-order valence-electron chi connectivity index (χ4n) is 1.55. The van der Waals surface area contributed by atoms with Crippen molar-refractivity contribution in [3.63, 3.8) is 0 Å². The Morgan fingerprint density at radius 3 is 2.21 bits per heavy atom. The molecule has 1 rings (SSSR count). The Balaban J connectivity index is 2.37. The molecule has 0 aromatic carbocycles. The molecule has 0 aliphatic rings. The van der Waals surface area contributed by atoms with Crippen LogP contribution in [0.1, 0.15) is 20.8 Å². The zero-order valence-corrected chi connectivity index (χ0v) is 16.2. The van der Waals surface area contributed by atoms with E-state index in [0.717, 1.165) is 0 Å². The summed E-state index contributed by atoms with van der Waals surface area (Å²) >= 11 is 3.81. The predicted octanol–water partition coefficient (Wildman–Crippen LogP) is 1.86. The van der Waals surface area contributed by atoms with Gasteiger partial charge in [-0.3, -0.25) is 14.9 Å². The maximum Gasteiger partial charge on any atom is 0.413 e. The largest absolute Gasteiger partial charge is 0.450 e. The Labute approximate surface area is 153 Å². The number of amides is 3. The second-order valence-corrected chi connectivity index (χ2v) is 7.67. The minimum Gasteiger partial charge on any atom is -0.450 e. The number of nitrogens with one attached hydrogen (secondary N) is 1. The van der Waals surface area contributed by atoms with Gasteiger partial charge >= 0.3 is 6.09 Å². The van der Waals surface area contributed by atoms with Crippen molar-refractivity contribution in [3.8, 4) is 0 Å². The zero-order valence-electron chi connectivity index (χ0n) is 13.7. The highest BCUT2D eigenvalue weighted by atomic mass is 32.2. The van der Waals surface area contributed by atoms with Gasteiger partial charge in [0.1, 0.15) is 0 Å². The van der Waals surface area contributed by atoms with Gasteiger partial charge < -0.3 is 9.64 Å². The van der Waals surface area contributed by atoms with Crippen molar-refractivity contribution in [1.29, 1.82) is 0 Å². The number of ether oxygens (including phenoxy) is 1. The van der Waals surface area contributed by atoms with Crippen LogP contribution in [0.15, 0.2) is 8.68 Å². The van der Waals surface area contributed by atoms with Crippen molar-refractivity contribution in [1.82, 2.24) is 20.4 Å². The summed E-state index contributed by atoms with van der Waals surface area (Å²) in [5.74, 6) is -0.0522. The average molecular weight is 393 g/mol. The Morgan fingerprint density at radius 2 is 1.67 bits per heavy atom. The molecule has 0 atom stereocenters. The lowest BCUT2D eigenvalue weighted by atomic mass is 10.5. The lowest BCUT2D eigenvalue weighted by Crippen LogP contribution is -2.32. The number of aromatic nitrogens is 2. The number of carbonyl (C=O) groups excluding carboxylic acids is 3. The molecule has 1 aromatic rings. The third kappa shape index (κ3) is 7.49. The third-order valence-electron chi connectivity index (χ3n) is 2.67. The van der Waals surface area contributed by atoms with E-state index in [9.17, 15) is 14.4 Å². The summed E-state index contributed by atoms with van der Waals surface area (Å²) in [6.45, 7) is 7.10. The molecule has 1 aromatic heterocycles. The molecular weight excluding hydrogens is 372 g/mol. The average Bonchev–Trinajstić information content (AvgIpc) is 3.00. The molecule has 0 saturated heterocycles. The number of thioether (sulfide) groups is 2. The molecule has 0 fully saturated rings. The Bertz CT molecular complexity index is 563. The van der Waals surface area contributed by atoms with Crippen LogP contribution in [0.5, 0.6) is 0 Å². The molecular formula is C13H20N4O4S3. The fraction of sp³-hybridized carbons (Fsp3) is 0.615. The smallest absolute Gasteiger partial charge is 0.413 e. The van der Waals surface area contributed by atoms with Crippen LogP contribution in [0.3, 0.4) is 0 Å². The molecule has 11 heteroatoms. The Kier molecular flexibility index (Phi) is 9.72. The Morgan fingerprint density at radius 1 is 1.08 bits per heavy atom. The number of carbonyl (C=O) groups is 3. The van der Waals surface area contributed by atoms with Crippen LogP contribution in [0.2, 0.25) is 0 Å². The molecule has 8 nitrogen and oxygen atoms in total. The minimum atomic E-state index is -0.758. The number of hydrogen-bond donors (Lipinski definition) is 1. The lowest BCUT2D eigenvalue weighted by molar-refractivity contribution is -0.128. The fourth-order valence-corrected chi connectivity index (χ4v) is 4.27. The van der Waals surface area contributed by atoms with Crippen LogP contribution >= 0.6 is 34.9 Å². The van der Waals surface area contributed by atoms with Gasteiger partial charge in [-0.05, 0) is 20.8 Å². The van der Waals surface area contributed by atoms with Crippen molar-refractivity contribution in [2.45, 2.75) is 29.5 Å². The van der Waals surface area contributed by atoms with E-state index in [-0.39, 0.29) is 18.3 Å². The standard InChI is InChI=1S/C13H20N4O4S3/c1-4-17(5-2)10(19)8-23-13-16-15-12(24-13)22-7-9(18)14-11(20)21-6-3/h4-8H2,1-3H3,(H,14,18,20). The molecule has 0 bridgehead atoms. The van der Waals surface area contributed by atoms with Crippen LogP contribution in [0.4, 0.5) is 4.79 Å². The van der Waals surface area contributed by atoms with Gasteiger partial charge in [-0.1, -0.05) is 34.9 Å². The van der Waals surface area contributed by atoms with E-state index in [2.05, 4.69) is 20.3 Å². The zero-order chi connectivity index (χ0) is 17.9. The quantitative estimate of drug-likeness (QED) is 0.636. The lowest BCUT2D eigenvalue weighted by Gasteiger charge is -2.17. The van der Waals surface area contributed by atoms with Gasteiger partial charge in [-0.2, -0.15) is 0 Å². The molecule has 0 saturated carbocycles. The first-order valence-electron chi connectivity index (χ1n) is 7.33. The van der Waals surface area contributed by atoms with E-state index in [1.165, 1.54) is 34.9 Å². The topological polar surface area (TPSA) is 101 Å². The summed E-state index contributed by atoms with van der Waals surface area (Å²) in [5, 5.41) is 10.0. The number of rotatable bonds is 9. The normalized spacial score (nSPS) is 10.3. The van der Waals surface area contributed by atoms with Crippen molar-refractivity contribution in [3.05, 3.63) is 0 Å². The van der Waals surface area contributed by atoms with Crippen molar-refractivity contribution >= 4 is 52.8 Å². The molecule has 0 aliphatic carbocycles. The van der Waals surface area contributed by atoms with Gasteiger partial charge in [0.2, 0.25) is 11.8 Å². The van der Waals surface area contributed by atoms with E-state index in [4.69, 9.17) is 0 Å². The van der Waals surface area contributed by atoms with E-state index in [1.807, 2.05) is 13.8 Å². The second kappa shape index (κ2) is 11.3. The van der Waals surface area contributed by atoms with Gasteiger partial charge in [0, 0.05) is 13.1 Å². The second-order valence-electron chi connectivity index (χ2n) is 4.25. The highest BCUT2D eigenvalue weighted by Gasteiger charge is 2.14. The molecule has 0 spiro atoms. The molecule has 134 valence electrons. The van der Waals surface area contributed by atoms with E-state index >= 15 is 0 Å². The van der Waals surface area contributed by atoms with Gasteiger partial charge in [-0.15, -0.1) is 10.2 Å². The molecule has 1 N–H and O–H groups in total. The third-order valence-corrected chi connectivity index (χ3v) is 5.84. The highest BCUT2D eigenvalue weighted by molar-refractivity contribution is 8.03. The minimum absolute atomic E-state index is 0.0382. The summed E-state index contributed by atoms with van der Waals surface area (Å²) in [5.41, 5.74) is 0. The SMILES string of the molecule is CCOC(=O)NC(=O)CSc1nnc(SCC(=O)N(CC)CC)s1. The van der Waals surface area contributed by atoms with E-state index in [1.54, 1.807) is 11.8 Å². The first-order valence-corrected chi connectivity index (χ1v) is 10.1. The summed E-state index contributed by atoms with van der Waals surface area (Å²) < 4.78 is 5.89. The first kappa shape index (κ1) is 20.7. The van der Waals surface area contributed by atoms with Gasteiger partial charge in [0.05, 0.1) is 18.1 Å². The first-order chi connectivity index (χ1) is 11.5. The van der Waals surface area contributed by atoms with Crippen molar-refractivity contribution < 1.29 is 19.1 Å². The molecule has 0 aliphatic heterocycles. The van der Waals surface area contributed by atoms with Crippen LogP contribution < -0.4 is 5.32 Å². The van der Waals surface area contributed by atoms with Gasteiger partial charge in [0.25, 0.3) is 0 Å². The molecule has 3 amide bonds. The van der Waals surface area contributed by atoms with Crippen LogP contribution in [-0.4, -0.2) is 64.2 Å². The molecule has 1 heterocycles. The maximum atomic E-state index is 11.9. The number of nitrogens with zero attached hydrogens (tertiary/aromatic N) is 3. The molecule has 0 radical (unpaired) electrons. The van der Waals surface area contributed by atoms with Crippen LogP contribution in [0.25, 0.3) is 0 Å². The monoisotopic (exact) mass is 392 g/mol. The van der Waals surface area contributed by atoms with Crippen LogP contribution in [-0.2, 0) is 14.3 Å². The summed E-state index contributed by atoms with van der Waals surface area (Å²) in [6.07, 6.45) is -0.758. The van der Waals surface area contributed by atoms with E-state index in [0.29, 0.717) is 27.5 Å². The van der Waals surface area contributed by atoms with E-state index < -0.39 is 12.0 Å². The number of hydrogen-bond acceptors (Lipinski definition) is 9. The Hall–Kier alpha value is -1.33. The summed E-state index contributed by atoms with van der Waals surface area (Å²) in [4.78, 5) is 36.3. The highest BCUT2D eigenvalue weighted by Crippen LogP contribution is 2.28. The van der Waals surface area contributed by atoms with Gasteiger partial charge in [-0.25, -0.2) is 4.79 Å². The summed E-state index contributed by atoms with van der Waals surface area (Å²) in [6, 6.07) is 0. The molecule has 24 heavy (non-hydrogen) atoms. The maximum absolute atomic E-state index is 11.9. The molecule has 0 unspecified atom stereocenters. The van der Waals surface area contributed by atoms with Gasteiger partial charge in [0.15, 0.2) is 8.68 Å². The van der Waals surface area contributed by atoms with Crippen LogP contribution in [0, 0.1) is 0 Å².